The molecule has 0 saturated carbocycles. The largest absolute Gasteiger partial charge is 0.398 e. The number of morpholine rings is 1. The van der Waals surface area contributed by atoms with Crippen LogP contribution in [0.5, 0.6) is 0 Å². The van der Waals surface area contributed by atoms with Crippen LogP contribution in [-0.4, -0.2) is 30.3 Å². The first-order chi connectivity index (χ1) is 9.07. The lowest BCUT2D eigenvalue weighted by Gasteiger charge is -2.39. The predicted molar refractivity (Wildman–Crippen MR) is 78.4 cm³/mol. The zero-order valence-electron chi connectivity index (χ0n) is 11.4. The number of nitrogen functional groups attached to an aromatic ring is 1. The summed E-state index contributed by atoms with van der Waals surface area (Å²) in [6, 6.07) is 7.96. The molecule has 3 rings (SSSR count). The summed E-state index contributed by atoms with van der Waals surface area (Å²) in [7, 11) is 0. The molecule has 100 valence electrons. The van der Waals surface area contributed by atoms with E-state index in [9.17, 15) is 0 Å². The molecule has 1 saturated heterocycles. The fourth-order valence-corrected chi connectivity index (χ4v) is 2.66. The van der Waals surface area contributed by atoms with Crippen molar-refractivity contribution in [2.24, 2.45) is 0 Å². The maximum Gasteiger partial charge on any atom is 0.0955 e. The van der Waals surface area contributed by atoms with E-state index >= 15 is 0 Å². The third-order valence-corrected chi connectivity index (χ3v) is 3.55. The summed E-state index contributed by atoms with van der Waals surface area (Å²) in [6.45, 7) is 6.73. The number of pyridine rings is 1. The molecular formula is C15H19N3O. The Hall–Kier alpha value is -1.81. The van der Waals surface area contributed by atoms with Gasteiger partial charge in [0.05, 0.1) is 23.4 Å². The van der Waals surface area contributed by atoms with Crippen LogP contribution in [0.15, 0.2) is 30.5 Å². The zero-order valence-corrected chi connectivity index (χ0v) is 11.4. The van der Waals surface area contributed by atoms with Gasteiger partial charge >= 0.3 is 0 Å². The molecule has 2 heterocycles. The van der Waals surface area contributed by atoms with Crippen LogP contribution in [0.25, 0.3) is 10.9 Å². The van der Waals surface area contributed by atoms with E-state index in [1.807, 2.05) is 24.4 Å². The fourth-order valence-electron chi connectivity index (χ4n) is 2.66. The van der Waals surface area contributed by atoms with Crippen molar-refractivity contribution < 1.29 is 4.74 Å². The van der Waals surface area contributed by atoms with Gasteiger partial charge in [0.15, 0.2) is 0 Å². The second-order valence-electron chi connectivity index (χ2n) is 5.60. The minimum absolute atomic E-state index is 0.124. The fraction of sp³-hybridized carbons (Fsp3) is 0.400. The number of fused-ring (bicyclic) bond motifs is 1. The third kappa shape index (κ3) is 2.24. The molecule has 0 bridgehead atoms. The summed E-state index contributed by atoms with van der Waals surface area (Å²) in [4.78, 5) is 6.83. The molecule has 4 heteroatoms. The summed E-state index contributed by atoms with van der Waals surface area (Å²) in [6.07, 6.45) is 1.82. The van der Waals surface area contributed by atoms with Crippen molar-refractivity contribution in [2.45, 2.75) is 19.4 Å². The van der Waals surface area contributed by atoms with Crippen LogP contribution in [0, 0.1) is 0 Å². The zero-order chi connectivity index (χ0) is 13.5. The van der Waals surface area contributed by atoms with E-state index in [-0.39, 0.29) is 5.60 Å². The van der Waals surface area contributed by atoms with Gasteiger partial charge in [-0.15, -0.1) is 0 Å². The second-order valence-corrected chi connectivity index (χ2v) is 5.60. The van der Waals surface area contributed by atoms with Crippen LogP contribution in [0.3, 0.4) is 0 Å². The highest BCUT2D eigenvalue weighted by Gasteiger charge is 2.28. The molecule has 2 aromatic rings. The molecule has 2 N–H and O–H groups in total. The predicted octanol–water partition coefficient (Wildman–Crippen LogP) is 2.43. The quantitative estimate of drug-likeness (QED) is 0.797. The number of aromatic nitrogens is 1. The van der Waals surface area contributed by atoms with Gasteiger partial charge < -0.3 is 15.4 Å². The Morgan fingerprint density at radius 1 is 1.32 bits per heavy atom. The monoisotopic (exact) mass is 257 g/mol. The van der Waals surface area contributed by atoms with Gasteiger partial charge in [-0.3, -0.25) is 4.98 Å². The van der Waals surface area contributed by atoms with Crippen LogP contribution in [0.4, 0.5) is 11.4 Å². The van der Waals surface area contributed by atoms with Crippen molar-refractivity contribution >= 4 is 22.3 Å². The van der Waals surface area contributed by atoms with E-state index in [1.54, 1.807) is 0 Å². The molecule has 0 unspecified atom stereocenters. The summed E-state index contributed by atoms with van der Waals surface area (Å²) in [5.74, 6) is 0. The maximum atomic E-state index is 6.02. The second kappa shape index (κ2) is 4.38. The first-order valence-electron chi connectivity index (χ1n) is 6.59. The summed E-state index contributed by atoms with van der Waals surface area (Å²) >= 11 is 0. The van der Waals surface area contributed by atoms with Crippen molar-refractivity contribution in [2.75, 3.05) is 30.3 Å². The minimum atomic E-state index is -0.124. The van der Waals surface area contributed by atoms with Gasteiger partial charge in [0.2, 0.25) is 0 Å². The van der Waals surface area contributed by atoms with Crippen LogP contribution in [-0.2, 0) is 4.74 Å². The highest BCUT2D eigenvalue weighted by Crippen LogP contribution is 2.31. The molecule has 0 aliphatic carbocycles. The van der Waals surface area contributed by atoms with Crippen molar-refractivity contribution in [3.63, 3.8) is 0 Å². The number of hydrogen-bond donors (Lipinski definition) is 1. The molecule has 19 heavy (non-hydrogen) atoms. The molecule has 0 amide bonds. The van der Waals surface area contributed by atoms with E-state index in [4.69, 9.17) is 10.5 Å². The van der Waals surface area contributed by atoms with Crippen LogP contribution < -0.4 is 10.6 Å². The normalized spacial score (nSPS) is 18.7. The number of benzene rings is 1. The molecule has 1 aliphatic rings. The maximum absolute atomic E-state index is 6.02. The molecular weight excluding hydrogens is 238 g/mol. The van der Waals surface area contributed by atoms with Crippen LogP contribution >= 0.6 is 0 Å². The first kappa shape index (κ1) is 12.2. The Labute approximate surface area is 113 Å². The highest BCUT2D eigenvalue weighted by atomic mass is 16.5. The van der Waals surface area contributed by atoms with Gasteiger partial charge in [-0.1, -0.05) is 0 Å². The minimum Gasteiger partial charge on any atom is -0.398 e. The summed E-state index contributed by atoms with van der Waals surface area (Å²) < 4.78 is 5.77. The van der Waals surface area contributed by atoms with Crippen molar-refractivity contribution in [3.8, 4) is 0 Å². The van der Waals surface area contributed by atoms with Gasteiger partial charge in [0.25, 0.3) is 0 Å². The van der Waals surface area contributed by atoms with E-state index in [0.717, 1.165) is 42.0 Å². The van der Waals surface area contributed by atoms with E-state index in [0.29, 0.717) is 0 Å². The van der Waals surface area contributed by atoms with Crippen molar-refractivity contribution in [3.05, 3.63) is 30.5 Å². The van der Waals surface area contributed by atoms with E-state index in [1.165, 1.54) is 0 Å². The molecule has 0 spiro atoms. The van der Waals surface area contributed by atoms with E-state index < -0.39 is 0 Å². The smallest absolute Gasteiger partial charge is 0.0955 e. The molecule has 1 aromatic heterocycles. The third-order valence-electron chi connectivity index (χ3n) is 3.55. The number of rotatable bonds is 1. The average molecular weight is 257 g/mol. The number of nitrogens with two attached hydrogens (primary N) is 1. The molecule has 1 aliphatic heterocycles. The Morgan fingerprint density at radius 2 is 2.16 bits per heavy atom. The Balaban J connectivity index is 2.08. The Morgan fingerprint density at radius 3 is 2.95 bits per heavy atom. The van der Waals surface area contributed by atoms with Gasteiger partial charge in [0, 0.05) is 30.4 Å². The van der Waals surface area contributed by atoms with Gasteiger partial charge in [0.1, 0.15) is 0 Å². The highest BCUT2D eigenvalue weighted by molar-refractivity contribution is 5.98. The molecule has 4 nitrogen and oxygen atoms in total. The summed E-state index contributed by atoms with van der Waals surface area (Å²) in [5.41, 5.74) is 8.79. The Bertz CT molecular complexity index is 609. The number of anilines is 2. The Kier molecular flexibility index (Phi) is 2.82. The first-order valence-corrected chi connectivity index (χ1v) is 6.59. The SMILES string of the molecule is CC1(C)CN(c2ccc(N)c3cccnc23)CCO1. The van der Waals surface area contributed by atoms with Crippen LogP contribution in [0.1, 0.15) is 13.8 Å². The average Bonchev–Trinajstić information content (AvgIpc) is 2.38. The van der Waals surface area contributed by atoms with Crippen molar-refractivity contribution in [1.29, 1.82) is 0 Å². The van der Waals surface area contributed by atoms with Gasteiger partial charge in [-0.05, 0) is 38.1 Å². The van der Waals surface area contributed by atoms with Gasteiger partial charge in [-0.2, -0.15) is 0 Å². The molecule has 0 radical (unpaired) electrons. The lowest BCUT2D eigenvalue weighted by atomic mass is 10.1. The number of hydrogen-bond acceptors (Lipinski definition) is 4. The standard InChI is InChI=1S/C15H19N3O/c1-15(2)10-18(8-9-19-15)13-6-5-12(16)11-4-3-7-17-14(11)13/h3-7H,8-10,16H2,1-2H3. The molecule has 1 fully saturated rings. The number of ether oxygens (including phenoxy) is 1. The lowest BCUT2D eigenvalue weighted by molar-refractivity contribution is -0.0276. The van der Waals surface area contributed by atoms with Crippen LogP contribution in [0.2, 0.25) is 0 Å². The summed E-state index contributed by atoms with van der Waals surface area (Å²) in [5, 5.41) is 1.02. The van der Waals surface area contributed by atoms with Crippen molar-refractivity contribution in [1.82, 2.24) is 4.98 Å². The number of nitrogens with zero attached hydrogens (tertiary/aromatic N) is 2. The molecule has 1 aromatic carbocycles. The molecule has 0 atom stereocenters. The van der Waals surface area contributed by atoms with Gasteiger partial charge in [-0.25, -0.2) is 0 Å². The lowest BCUT2D eigenvalue weighted by Crippen LogP contribution is -2.48. The topological polar surface area (TPSA) is 51.4 Å². The van der Waals surface area contributed by atoms with E-state index in [2.05, 4.69) is 29.8 Å².